The van der Waals surface area contributed by atoms with E-state index in [1.165, 1.54) is 23.5 Å². The Morgan fingerprint density at radius 1 is 1.48 bits per heavy atom. The molecule has 0 radical (unpaired) electrons. The van der Waals surface area contributed by atoms with E-state index in [4.69, 9.17) is 16.3 Å². The van der Waals surface area contributed by atoms with E-state index in [9.17, 15) is 15.0 Å². The lowest BCUT2D eigenvalue weighted by molar-refractivity contribution is -0.130. The molecule has 0 aliphatic carbocycles. The summed E-state index contributed by atoms with van der Waals surface area (Å²) in [5, 5.41) is 21.0. The van der Waals surface area contributed by atoms with Crippen molar-refractivity contribution in [2.45, 2.75) is 6.92 Å². The fourth-order valence-corrected chi connectivity index (χ4v) is 2.73. The van der Waals surface area contributed by atoms with Gasteiger partial charge in [0.05, 0.1) is 17.2 Å². The number of phenolic OH excluding ortho intramolecular Hbond substituents is 1. The molecular weight excluding hydrogens is 312 g/mol. The highest BCUT2D eigenvalue weighted by Crippen LogP contribution is 2.36. The molecule has 2 aromatic rings. The lowest BCUT2D eigenvalue weighted by atomic mass is 10.1. The maximum atomic E-state index is 11.4. The van der Waals surface area contributed by atoms with Crippen LogP contribution in [0.25, 0.3) is 11.6 Å². The maximum absolute atomic E-state index is 11.4. The molecule has 0 saturated heterocycles. The quantitative estimate of drug-likeness (QED) is 0.811. The summed E-state index contributed by atoms with van der Waals surface area (Å²) in [6.07, 6.45) is 1.50. The second kappa shape index (κ2) is 6.65. The largest absolute Gasteiger partial charge is 0.503 e. The molecule has 0 aliphatic heterocycles. The second-order valence-corrected chi connectivity index (χ2v) is 5.48. The number of carboxylic acid groups (broad SMARTS) is 1. The van der Waals surface area contributed by atoms with Crippen LogP contribution in [0.4, 0.5) is 0 Å². The minimum absolute atomic E-state index is 0.114. The van der Waals surface area contributed by atoms with Gasteiger partial charge in [0.1, 0.15) is 0 Å². The standard InChI is InChI=1S/C15H13ClO4S/c1-2-20-12-8-9(7-11(16)14(12)17)6-10(15(18)19)13-4-3-5-21-13/h3-8,17H,2H2,1H3,(H,18,19)/b10-6-. The van der Waals surface area contributed by atoms with Gasteiger partial charge >= 0.3 is 5.97 Å². The summed E-state index contributed by atoms with van der Waals surface area (Å²) in [5.74, 6) is -0.949. The van der Waals surface area contributed by atoms with Crippen LogP contribution in [-0.2, 0) is 4.79 Å². The number of ether oxygens (including phenoxy) is 1. The van der Waals surface area contributed by atoms with Crippen molar-refractivity contribution < 1.29 is 19.7 Å². The molecule has 6 heteroatoms. The van der Waals surface area contributed by atoms with Gasteiger partial charge < -0.3 is 14.9 Å². The SMILES string of the molecule is CCOc1cc(/C=C(\C(=O)O)c2cccs2)cc(Cl)c1O. The van der Waals surface area contributed by atoms with E-state index in [1.54, 1.807) is 25.1 Å². The average molecular weight is 325 g/mol. The van der Waals surface area contributed by atoms with Gasteiger partial charge in [-0.1, -0.05) is 17.7 Å². The Hall–Kier alpha value is -1.98. The molecule has 0 aliphatic rings. The molecule has 0 atom stereocenters. The van der Waals surface area contributed by atoms with Gasteiger partial charge in [0.2, 0.25) is 0 Å². The Labute approximate surface area is 130 Å². The van der Waals surface area contributed by atoms with Crippen molar-refractivity contribution in [3.05, 3.63) is 45.1 Å². The molecule has 1 aromatic carbocycles. The maximum Gasteiger partial charge on any atom is 0.337 e. The van der Waals surface area contributed by atoms with Gasteiger partial charge in [-0.2, -0.15) is 0 Å². The number of rotatable bonds is 5. The van der Waals surface area contributed by atoms with Crippen LogP contribution < -0.4 is 4.74 Å². The lowest BCUT2D eigenvalue weighted by Gasteiger charge is -2.09. The average Bonchev–Trinajstić information content (AvgIpc) is 2.95. The molecule has 0 amide bonds. The van der Waals surface area contributed by atoms with Gasteiger partial charge in [-0.15, -0.1) is 11.3 Å². The predicted octanol–water partition coefficient (Wildman–Crippen LogP) is 4.13. The van der Waals surface area contributed by atoms with Gasteiger partial charge in [0, 0.05) is 4.88 Å². The van der Waals surface area contributed by atoms with Crippen molar-refractivity contribution in [3.63, 3.8) is 0 Å². The Balaban J connectivity index is 2.50. The number of carbonyl (C=O) groups is 1. The topological polar surface area (TPSA) is 66.8 Å². The molecular formula is C15H13ClO4S. The third kappa shape index (κ3) is 3.56. The zero-order valence-electron chi connectivity index (χ0n) is 11.2. The number of halogens is 1. The van der Waals surface area contributed by atoms with Gasteiger partial charge in [0.15, 0.2) is 11.5 Å². The number of phenols is 1. The number of aliphatic carboxylic acids is 1. The van der Waals surface area contributed by atoms with Crippen LogP contribution >= 0.6 is 22.9 Å². The molecule has 0 fully saturated rings. The van der Waals surface area contributed by atoms with Crippen LogP contribution in [0, 0.1) is 0 Å². The number of thiophene rings is 1. The zero-order chi connectivity index (χ0) is 15.4. The van der Waals surface area contributed by atoms with Crippen LogP contribution in [0.5, 0.6) is 11.5 Å². The molecule has 0 unspecified atom stereocenters. The number of hydrogen-bond donors (Lipinski definition) is 2. The van der Waals surface area contributed by atoms with Crippen LogP contribution in [0.1, 0.15) is 17.4 Å². The van der Waals surface area contributed by atoms with E-state index < -0.39 is 5.97 Å². The minimum atomic E-state index is -1.03. The molecule has 110 valence electrons. The van der Waals surface area contributed by atoms with E-state index in [-0.39, 0.29) is 22.1 Å². The Bertz CT molecular complexity index is 677. The van der Waals surface area contributed by atoms with E-state index in [2.05, 4.69) is 0 Å². The van der Waals surface area contributed by atoms with Gasteiger partial charge in [-0.3, -0.25) is 0 Å². The molecule has 0 saturated carbocycles. The molecule has 2 N–H and O–H groups in total. The Morgan fingerprint density at radius 2 is 2.24 bits per heavy atom. The summed E-state index contributed by atoms with van der Waals surface area (Å²) in [5.41, 5.74) is 0.709. The van der Waals surface area contributed by atoms with Crippen LogP contribution in [-0.4, -0.2) is 22.8 Å². The monoisotopic (exact) mass is 324 g/mol. The van der Waals surface area contributed by atoms with Gasteiger partial charge in [-0.25, -0.2) is 4.79 Å². The van der Waals surface area contributed by atoms with E-state index in [0.29, 0.717) is 17.0 Å². The van der Waals surface area contributed by atoms with E-state index >= 15 is 0 Å². The molecule has 21 heavy (non-hydrogen) atoms. The highest BCUT2D eigenvalue weighted by Gasteiger charge is 2.14. The molecule has 0 spiro atoms. The predicted molar refractivity (Wildman–Crippen MR) is 84.1 cm³/mol. The van der Waals surface area contributed by atoms with Crippen molar-refractivity contribution in [1.82, 2.24) is 0 Å². The van der Waals surface area contributed by atoms with Crippen molar-refractivity contribution in [2.24, 2.45) is 0 Å². The Morgan fingerprint density at radius 3 is 2.81 bits per heavy atom. The number of carboxylic acids is 1. The van der Waals surface area contributed by atoms with Gasteiger partial charge in [0.25, 0.3) is 0 Å². The first-order valence-corrected chi connectivity index (χ1v) is 7.43. The van der Waals surface area contributed by atoms with E-state index in [1.807, 2.05) is 5.38 Å². The molecule has 2 rings (SSSR count). The molecule has 0 bridgehead atoms. The minimum Gasteiger partial charge on any atom is -0.503 e. The lowest BCUT2D eigenvalue weighted by Crippen LogP contribution is -1.98. The summed E-state index contributed by atoms with van der Waals surface area (Å²) in [6.45, 7) is 2.15. The number of benzene rings is 1. The highest BCUT2D eigenvalue weighted by molar-refractivity contribution is 7.11. The Kier molecular flexibility index (Phi) is 4.88. The van der Waals surface area contributed by atoms with Crippen molar-refractivity contribution in [3.8, 4) is 11.5 Å². The fourth-order valence-electron chi connectivity index (χ4n) is 1.78. The smallest absolute Gasteiger partial charge is 0.337 e. The second-order valence-electron chi connectivity index (χ2n) is 4.12. The van der Waals surface area contributed by atoms with Crippen molar-refractivity contribution in [1.29, 1.82) is 0 Å². The first kappa shape index (κ1) is 15.4. The first-order chi connectivity index (χ1) is 10.0. The summed E-state index contributed by atoms with van der Waals surface area (Å²) < 4.78 is 5.28. The van der Waals surface area contributed by atoms with Crippen molar-refractivity contribution in [2.75, 3.05) is 6.61 Å². The number of hydrogen-bond acceptors (Lipinski definition) is 4. The van der Waals surface area contributed by atoms with Crippen LogP contribution in [0.3, 0.4) is 0 Å². The normalized spacial score (nSPS) is 11.4. The molecule has 1 heterocycles. The molecule has 4 nitrogen and oxygen atoms in total. The highest BCUT2D eigenvalue weighted by atomic mass is 35.5. The van der Waals surface area contributed by atoms with E-state index in [0.717, 1.165) is 0 Å². The van der Waals surface area contributed by atoms with Gasteiger partial charge in [-0.05, 0) is 42.1 Å². The third-order valence-corrected chi connectivity index (χ3v) is 3.87. The fraction of sp³-hybridized carbons (Fsp3) is 0.133. The summed E-state index contributed by atoms with van der Waals surface area (Å²) in [6, 6.07) is 6.57. The summed E-state index contributed by atoms with van der Waals surface area (Å²) in [4.78, 5) is 12.0. The third-order valence-electron chi connectivity index (χ3n) is 2.68. The van der Waals surface area contributed by atoms with Crippen LogP contribution in [0.15, 0.2) is 29.6 Å². The number of aromatic hydroxyl groups is 1. The first-order valence-electron chi connectivity index (χ1n) is 6.17. The summed E-state index contributed by atoms with van der Waals surface area (Å²) in [7, 11) is 0. The zero-order valence-corrected chi connectivity index (χ0v) is 12.7. The van der Waals surface area contributed by atoms with Crippen LogP contribution in [0.2, 0.25) is 5.02 Å². The molecule has 1 aromatic heterocycles. The van der Waals surface area contributed by atoms with Crippen molar-refractivity contribution >= 4 is 40.6 Å². The summed E-state index contributed by atoms with van der Waals surface area (Å²) >= 11 is 7.28.